The van der Waals surface area contributed by atoms with Crippen molar-refractivity contribution in [2.75, 3.05) is 9.62 Å². The standard InChI is InChI=1S/C20H16FN3O5S3/c21-14-3-1-2-13(10-14)12-24-17-8-9-30-20(17)19(25)18(32(24,28)29)11-23-15-4-6-16(7-5-15)31(22,26)27/h1-11,23H,12H2,(H2,22,26,27)/b18-11-. The smallest absolute Gasteiger partial charge is 0.270 e. The van der Waals surface area contributed by atoms with Crippen molar-refractivity contribution < 1.29 is 26.0 Å². The number of nitrogens with zero attached hydrogens (tertiary/aromatic N) is 1. The van der Waals surface area contributed by atoms with Crippen LogP contribution in [0, 0.1) is 5.82 Å². The molecule has 2 aromatic carbocycles. The van der Waals surface area contributed by atoms with Crippen LogP contribution in [0.25, 0.3) is 0 Å². The second-order valence-electron chi connectivity index (χ2n) is 6.83. The predicted molar refractivity (Wildman–Crippen MR) is 120 cm³/mol. The lowest BCUT2D eigenvalue weighted by molar-refractivity contribution is 0.104. The SMILES string of the molecule is NS(=O)(=O)c1ccc(N/C=C2/C(=O)c3sccc3N(Cc3cccc(F)c3)S2(=O)=O)cc1. The minimum absolute atomic E-state index is 0.110. The van der Waals surface area contributed by atoms with E-state index in [2.05, 4.69) is 5.32 Å². The molecule has 0 saturated carbocycles. The average Bonchev–Trinajstić information content (AvgIpc) is 3.20. The Morgan fingerprint density at radius 3 is 2.50 bits per heavy atom. The molecule has 0 saturated heterocycles. The first-order valence-electron chi connectivity index (χ1n) is 9.06. The van der Waals surface area contributed by atoms with Crippen molar-refractivity contribution in [3.05, 3.63) is 87.3 Å². The molecule has 0 bridgehead atoms. The first kappa shape index (κ1) is 22.1. The third kappa shape index (κ3) is 4.17. The van der Waals surface area contributed by atoms with Crippen LogP contribution in [0.3, 0.4) is 0 Å². The molecule has 2 heterocycles. The number of carbonyl (C=O) groups is 1. The van der Waals surface area contributed by atoms with Gasteiger partial charge in [0.15, 0.2) is 4.91 Å². The Labute approximate surface area is 187 Å². The molecule has 3 N–H and O–H groups in total. The zero-order chi connectivity index (χ0) is 23.1. The van der Waals surface area contributed by atoms with Gasteiger partial charge in [0.2, 0.25) is 15.8 Å². The second-order valence-corrected chi connectivity index (χ2v) is 11.1. The summed E-state index contributed by atoms with van der Waals surface area (Å²) in [5.74, 6) is -1.17. The number of primary sulfonamides is 1. The lowest BCUT2D eigenvalue weighted by atomic mass is 10.2. The summed E-state index contributed by atoms with van der Waals surface area (Å²) in [4.78, 5) is 12.5. The number of nitrogens with one attached hydrogen (secondary N) is 1. The van der Waals surface area contributed by atoms with Crippen molar-refractivity contribution in [1.82, 2.24) is 0 Å². The highest BCUT2D eigenvalue weighted by molar-refractivity contribution is 7.97. The maximum Gasteiger partial charge on any atom is 0.270 e. The van der Waals surface area contributed by atoms with Crippen molar-refractivity contribution in [2.45, 2.75) is 11.4 Å². The van der Waals surface area contributed by atoms with E-state index >= 15 is 0 Å². The summed E-state index contributed by atoms with van der Waals surface area (Å²) < 4.78 is 64.0. The summed E-state index contributed by atoms with van der Waals surface area (Å²) in [5, 5.41) is 9.39. The van der Waals surface area contributed by atoms with Gasteiger partial charge in [0.1, 0.15) is 10.7 Å². The predicted octanol–water partition coefficient (Wildman–Crippen LogP) is 3.02. The van der Waals surface area contributed by atoms with E-state index in [1.807, 2.05) is 0 Å². The van der Waals surface area contributed by atoms with Gasteiger partial charge in [-0.2, -0.15) is 0 Å². The van der Waals surface area contributed by atoms with Gasteiger partial charge < -0.3 is 5.32 Å². The van der Waals surface area contributed by atoms with Crippen LogP contribution in [0.4, 0.5) is 15.8 Å². The number of hydrogen-bond acceptors (Lipinski definition) is 7. The fourth-order valence-corrected chi connectivity index (χ4v) is 6.15. The van der Waals surface area contributed by atoms with Crippen LogP contribution in [-0.4, -0.2) is 22.6 Å². The zero-order valence-electron chi connectivity index (χ0n) is 16.2. The number of fused-ring (bicyclic) bond motifs is 1. The van der Waals surface area contributed by atoms with E-state index in [0.29, 0.717) is 11.3 Å². The van der Waals surface area contributed by atoms with E-state index in [9.17, 15) is 26.0 Å². The highest BCUT2D eigenvalue weighted by Crippen LogP contribution is 2.39. The second kappa shape index (κ2) is 8.13. The van der Waals surface area contributed by atoms with E-state index in [4.69, 9.17) is 5.14 Å². The van der Waals surface area contributed by atoms with Gasteiger partial charge in [0.05, 0.1) is 17.1 Å². The molecule has 0 amide bonds. The third-order valence-electron chi connectivity index (χ3n) is 4.68. The number of halogens is 1. The molecule has 8 nitrogen and oxygen atoms in total. The van der Waals surface area contributed by atoms with Crippen molar-refractivity contribution in [3.63, 3.8) is 0 Å². The third-order valence-corrected chi connectivity index (χ3v) is 8.28. The number of nitrogens with two attached hydrogens (primary N) is 1. The summed E-state index contributed by atoms with van der Waals surface area (Å²) in [6, 6.07) is 12.4. The van der Waals surface area contributed by atoms with E-state index in [1.54, 1.807) is 11.4 Å². The van der Waals surface area contributed by atoms with Crippen LogP contribution < -0.4 is 14.8 Å². The van der Waals surface area contributed by atoms with E-state index < -0.39 is 36.6 Å². The Morgan fingerprint density at radius 2 is 1.84 bits per heavy atom. The maximum absolute atomic E-state index is 13.6. The first-order chi connectivity index (χ1) is 15.1. The molecule has 32 heavy (non-hydrogen) atoms. The van der Waals surface area contributed by atoms with Crippen molar-refractivity contribution in [1.29, 1.82) is 0 Å². The number of ketones is 1. The molecular weight excluding hydrogens is 477 g/mol. The molecule has 1 aliphatic heterocycles. The summed E-state index contributed by atoms with van der Waals surface area (Å²) in [6.07, 6.45) is 1.06. The Kier molecular flexibility index (Phi) is 5.63. The van der Waals surface area contributed by atoms with Crippen molar-refractivity contribution in [2.24, 2.45) is 5.14 Å². The highest BCUT2D eigenvalue weighted by Gasteiger charge is 2.41. The molecule has 0 atom stereocenters. The van der Waals surface area contributed by atoms with Crippen LogP contribution >= 0.6 is 11.3 Å². The van der Waals surface area contributed by atoms with Crippen molar-refractivity contribution >= 4 is 48.5 Å². The van der Waals surface area contributed by atoms with Gasteiger partial charge >= 0.3 is 0 Å². The van der Waals surface area contributed by atoms with Crippen LogP contribution in [-0.2, 0) is 26.6 Å². The Morgan fingerprint density at radius 1 is 1.12 bits per heavy atom. The molecule has 0 unspecified atom stereocenters. The van der Waals surface area contributed by atoms with Gasteiger partial charge in [-0.3, -0.25) is 9.10 Å². The Hall–Kier alpha value is -3.06. The molecule has 0 fully saturated rings. The molecule has 12 heteroatoms. The van der Waals surface area contributed by atoms with E-state index in [-0.39, 0.29) is 22.0 Å². The van der Waals surface area contributed by atoms with Gasteiger partial charge in [-0.05, 0) is 53.4 Å². The Balaban J connectivity index is 1.70. The average molecular weight is 494 g/mol. The van der Waals surface area contributed by atoms with E-state index in [1.165, 1.54) is 48.5 Å². The fourth-order valence-electron chi connectivity index (χ4n) is 3.15. The van der Waals surface area contributed by atoms with Crippen LogP contribution in [0.1, 0.15) is 15.2 Å². The highest BCUT2D eigenvalue weighted by atomic mass is 32.2. The lowest BCUT2D eigenvalue weighted by Crippen LogP contribution is -2.38. The molecule has 0 radical (unpaired) electrons. The first-order valence-corrected chi connectivity index (χ1v) is 12.9. The van der Waals surface area contributed by atoms with Gasteiger partial charge in [-0.1, -0.05) is 12.1 Å². The van der Waals surface area contributed by atoms with Crippen LogP contribution in [0.15, 0.2) is 76.0 Å². The fraction of sp³-hybridized carbons (Fsp3) is 0.0500. The van der Waals surface area contributed by atoms with Gasteiger partial charge in [-0.15, -0.1) is 11.3 Å². The Bertz CT molecular complexity index is 1450. The lowest BCUT2D eigenvalue weighted by Gasteiger charge is -2.29. The van der Waals surface area contributed by atoms with Crippen LogP contribution in [0.2, 0.25) is 0 Å². The van der Waals surface area contributed by atoms with Crippen LogP contribution in [0.5, 0.6) is 0 Å². The number of anilines is 2. The quantitative estimate of drug-likeness (QED) is 0.526. The number of rotatable bonds is 5. The number of allylic oxidation sites excluding steroid dienone is 1. The molecule has 1 aliphatic rings. The van der Waals surface area contributed by atoms with Crippen molar-refractivity contribution in [3.8, 4) is 0 Å². The maximum atomic E-state index is 13.6. The van der Waals surface area contributed by atoms with Gasteiger partial charge in [-0.25, -0.2) is 26.4 Å². The normalized spacial score (nSPS) is 16.8. The number of thiophene rings is 1. The minimum atomic E-state index is -4.26. The molecule has 3 aromatic rings. The molecular formula is C20H16FN3O5S3. The van der Waals surface area contributed by atoms with Gasteiger partial charge in [0, 0.05) is 11.9 Å². The number of carbonyl (C=O) groups excluding carboxylic acids is 1. The summed E-state index contributed by atoms with van der Waals surface area (Å²) in [5.41, 5.74) is 1.01. The molecule has 1 aromatic heterocycles. The largest absolute Gasteiger partial charge is 0.360 e. The molecule has 0 spiro atoms. The summed E-state index contributed by atoms with van der Waals surface area (Å²) >= 11 is 1.10. The topological polar surface area (TPSA) is 127 Å². The van der Waals surface area contributed by atoms with Gasteiger partial charge in [0.25, 0.3) is 10.0 Å². The number of sulfonamides is 2. The minimum Gasteiger partial charge on any atom is -0.360 e. The number of Topliss-reactive ketones (excluding diaryl/α,β-unsaturated/α-hetero) is 1. The summed E-state index contributed by atoms with van der Waals surface area (Å²) in [7, 11) is -8.13. The summed E-state index contributed by atoms with van der Waals surface area (Å²) in [6.45, 7) is -0.155. The molecule has 166 valence electrons. The number of benzene rings is 2. The monoisotopic (exact) mass is 493 g/mol. The molecule has 4 rings (SSSR count). The van der Waals surface area contributed by atoms with E-state index in [0.717, 1.165) is 21.8 Å². The zero-order valence-corrected chi connectivity index (χ0v) is 18.7. The number of hydrogen-bond donors (Lipinski definition) is 2. The molecule has 0 aliphatic carbocycles.